The number of anilines is 1. The van der Waals surface area contributed by atoms with Crippen molar-refractivity contribution in [2.24, 2.45) is 0 Å². The second kappa shape index (κ2) is 5.44. The minimum absolute atomic E-state index is 0.220. The van der Waals surface area contributed by atoms with Crippen molar-refractivity contribution in [2.75, 3.05) is 24.5 Å². The maximum atomic E-state index is 11.8. The summed E-state index contributed by atoms with van der Waals surface area (Å²) in [6, 6.07) is 1.10. The summed E-state index contributed by atoms with van der Waals surface area (Å²) in [7, 11) is 0. The van der Waals surface area contributed by atoms with E-state index < -0.39 is 0 Å². The molecule has 0 aromatic carbocycles. The molecule has 0 atom stereocenters. The van der Waals surface area contributed by atoms with Crippen LogP contribution in [0.1, 0.15) is 43.5 Å². The van der Waals surface area contributed by atoms with Gasteiger partial charge in [-0.3, -0.25) is 14.4 Å². The van der Waals surface area contributed by atoms with Crippen molar-refractivity contribution < 1.29 is 4.79 Å². The zero-order chi connectivity index (χ0) is 16.1. The maximum Gasteiger partial charge on any atom is 0.227 e. The highest BCUT2D eigenvalue weighted by Gasteiger charge is 2.32. The predicted molar refractivity (Wildman–Crippen MR) is 88.6 cm³/mol. The largest absolute Gasteiger partial charge is 0.330 e. The summed E-state index contributed by atoms with van der Waals surface area (Å²) in [4.78, 5) is 20.4. The third kappa shape index (κ3) is 2.43. The van der Waals surface area contributed by atoms with Gasteiger partial charge in [0.2, 0.25) is 5.91 Å². The number of imidazole rings is 1. The molecule has 0 bridgehead atoms. The van der Waals surface area contributed by atoms with Crippen molar-refractivity contribution in [1.82, 2.24) is 24.2 Å². The van der Waals surface area contributed by atoms with E-state index in [0.717, 1.165) is 38.3 Å². The average Bonchev–Trinajstić information content (AvgIpc) is 2.95. The first kappa shape index (κ1) is 14.2. The molecule has 1 saturated carbocycles. The van der Waals surface area contributed by atoms with Gasteiger partial charge in [0.15, 0.2) is 0 Å². The van der Waals surface area contributed by atoms with Crippen LogP contribution in [0.25, 0.3) is 0 Å². The SMILES string of the molecule is O=C1CCCN1c1cnn(C2CN(Cc3cncn3C3CC3)C2)c1. The third-order valence-corrected chi connectivity index (χ3v) is 5.36. The molecule has 2 aliphatic heterocycles. The molecule has 0 radical (unpaired) electrons. The molecule has 7 nitrogen and oxygen atoms in total. The van der Waals surface area contributed by atoms with E-state index in [2.05, 4.69) is 19.5 Å². The van der Waals surface area contributed by atoms with Crippen LogP contribution >= 0.6 is 0 Å². The summed E-state index contributed by atoms with van der Waals surface area (Å²) in [5.41, 5.74) is 2.27. The smallest absolute Gasteiger partial charge is 0.227 e. The first-order chi connectivity index (χ1) is 11.8. The normalized spacial score (nSPS) is 22.3. The van der Waals surface area contributed by atoms with Crippen LogP contribution in [-0.4, -0.2) is 49.8 Å². The van der Waals surface area contributed by atoms with Gasteiger partial charge in [-0.1, -0.05) is 0 Å². The van der Waals surface area contributed by atoms with Crippen LogP contribution in [0.15, 0.2) is 24.9 Å². The summed E-state index contributed by atoms with van der Waals surface area (Å²) >= 11 is 0. The highest BCUT2D eigenvalue weighted by Crippen LogP contribution is 2.36. The first-order valence-corrected chi connectivity index (χ1v) is 8.85. The van der Waals surface area contributed by atoms with E-state index in [1.54, 1.807) is 0 Å². The highest BCUT2D eigenvalue weighted by atomic mass is 16.2. The minimum atomic E-state index is 0.220. The van der Waals surface area contributed by atoms with E-state index >= 15 is 0 Å². The van der Waals surface area contributed by atoms with Gasteiger partial charge in [0.25, 0.3) is 0 Å². The molecule has 3 aliphatic rings. The third-order valence-electron chi connectivity index (χ3n) is 5.36. The lowest BCUT2D eigenvalue weighted by Crippen LogP contribution is -2.47. The van der Waals surface area contributed by atoms with Crippen molar-refractivity contribution in [1.29, 1.82) is 0 Å². The molecular weight excluding hydrogens is 304 g/mol. The first-order valence-electron chi connectivity index (χ1n) is 8.85. The van der Waals surface area contributed by atoms with Gasteiger partial charge >= 0.3 is 0 Å². The molecule has 126 valence electrons. The summed E-state index contributed by atoms with van der Waals surface area (Å²) in [5, 5.41) is 4.48. The Kier molecular flexibility index (Phi) is 3.22. The minimum Gasteiger partial charge on any atom is -0.330 e. The van der Waals surface area contributed by atoms with Gasteiger partial charge in [0.1, 0.15) is 0 Å². The fraction of sp³-hybridized carbons (Fsp3) is 0.588. The number of rotatable bonds is 5. The second-order valence-electron chi connectivity index (χ2n) is 7.20. The topological polar surface area (TPSA) is 59.2 Å². The zero-order valence-electron chi connectivity index (χ0n) is 13.7. The number of nitrogens with zero attached hydrogens (tertiary/aromatic N) is 6. The Morgan fingerprint density at radius 1 is 1.17 bits per heavy atom. The zero-order valence-corrected chi connectivity index (χ0v) is 13.7. The lowest BCUT2D eigenvalue weighted by Gasteiger charge is -2.39. The molecule has 7 heteroatoms. The highest BCUT2D eigenvalue weighted by molar-refractivity contribution is 5.95. The molecule has 2 aromatic rings. The fourth-order valence-corrected chi connectivity index (χ4v) is 3.79. The molecule has 1 aliphatic carbocycles. The quantitative estimate of drug-likeness (QED) is 0.837. The van der Waals surface area contributed by atoms with E-state index in [4.69, 9.17) is 0 Å². The number of carbonyl (C=O) groups is 1. The van der Waals surface area contributed by atoms with Crippen LogP contribution in [-0.2, 0) is 11.3 Å². The Morgan fingerprint density at radius 3 is 2.79 bits per heavy atom. The average molecular weight is 326 g/mol. The van der Waals surface area contributed by atoms with Crippen molar-refractivity contribution in [3.8, 4) is 0 Å². The summed E-state index contributed by atoms with van der Waals surface area (Å²) in [6.07, 6.45) is 12.0. The van der Waals surface area contributed by atoms with Gasteiger partial charge in [0.05, 0.1) is 29.9 Å². The summed E-state index contributed by atoms with van der Waals surface area (Å²) in [6.45, 7) is 3.80. The Bertz CT molecular complexity index is 755. The van der Waals surface area contributed by atoms with Crippen molar-refractivity contribution in [3.63, 3.8) is 0 Å². The van der Waals surface area contributed by atoms with Crippen LogP contribution < -0.4 is 4.90 Å². The van der Waals surface area contributed by atoms with Gasteiger partial charge in [-0.25, -0.2) is 4.98 Å². The number of hydrogen-bond donors (Lipinski definition) is 0. The Labute approximate surface area is 140 Å². The molecule has 1 amide bonds. The monoisotopic (exact) mass is 326 g/mol. The Morgan fingerprint density at radius 2 is 2.04 bits per heavy atom. The van der Waals surface area contributed by atoms with Gasteiger partial charge in [-0.15, -0.1) is 0 Å². The van der Waals surface area contributed by atoms with Crippen LogP contribution in [0.4, 0.5) is 5.69 Å². The maximum absolute atomic E-state index is 11.8. The van der Waals surface area contributed by atoms with Crippen LogP contribution in [0, 0.1) is 0 Å². The van der Waals surface area contributed by atoms with E-state index in [1.165, 1.54) is 18.5 Å². The molecule has 24 heavy (non-hydrogen) atoms. The molecule has 5 rings (SSSR count). The molecule has 2 saturated heterocycles. The fourth-order valence-electron chi connectivity index (χ4n) is 3.79. The van der Waals surface area contributed by atoms with Crippen molar-refractivity contribution >= 4 is 11.6 Å². The molecule has 0 spiro atoms. The van der Waals surface area contributed by atoms with Gasteiger partial charge in [-0.05, 0) is 19.3 Å². The Balaban J connectivity index is 1.20. The van der Waals surface area contributed by atoms with Gasteiger partial charge in [0, 0.05) is 51.0 Å². The van der Waals surface area contributed by atoms with E-state index in [9.17, 15) is 4.79 Å². The van der Waals surface area contributed by atoms with Crippen molar-refractivity contribution in [2.45, 2.75) is 44.3 Å². The number of hydrogen-bond acceptors (Lipinski definition) is 4. The van der Waals surface area contributed by atoms with E-state index in [0.29, 0.717) is 18.5 Å². The van der Waals surface area contributed by atoms with E-state index in [-0.39, 0.29) is 5.91 Å². The standard InChI is InChI=1S/C17H22N6O/c24-17-2-1-5-21(17)15-7-19-23(11-15)16-9-20(10-16)8-14-6-18-12-22(14)13-3-4-13/h6-7,11-13,16H,1-5,8-10H2. The number of amides is 1. The van der Waals surface area contributed by atoms with Crippen LogP contribution in [0.2, 0.25) is 0 Å². The van der Waals surface area contributed by atoms with Crippen LogP contribution in [0.3, 0.4) is 0 Å². The van der Waals surface area contributed by atoms with E-state index in [1.807, 2.05) is 34.5 Å². The molecular formula is C17H22N6O. The van der Waals surface area contributed by atoms with Crippen LogP contribution in [0.5, 0.6) is 0 Å². The van der Waals surface area contributed by atoms with Crippen molar-refractivity contribution in [3.05, 3.63) is 30.6 Å². The number of carbonyl (C=O) groups excluding carboxylic acids is 1. The summed E-state index contributed by atoms with van der Waals surface area (Å²) < 4.78 is 4.36. The van der Waals surface area contributed by atoms with Gasteiger partial charge in [-0.2, -0.15) is 5.10 Å². The lowest BCUT2D eigenvalue weighted by atomic mass is 10.1. The Hall–Kier alpha value is -2.15. The molecule has 2 aromatic heterocycles. The second-order valence-corrected chi connectivity index (χ2v) is 7.20. The predicted octanol–water partition coefficient (Wildman–Crippen LogP) is 1.60. The lowest BCUT2D eigenvalue weighted by molar-refractivity contribution is -0.117. The number of aromatic nitrogens is 4. The molecule has 4 heterocycles. The number of likely N-dealkylation sites (tertiary alicyclic amines) is 1. The molecule has 3 fully saturated rings. The molecule has 0 N–H and O–H groups in total. The summed E-state index contributed by atoms with van der Waals surface area (Å²) in [5.74, 6) is 0.220. The van der Waals surface area contributed by atoms with Gasteiger partial charge < -0.3 is 9.47 Å². The molecule has 0 unspecified atom stereocenters.